The monoisotopic (exact) mass is 808 g/mol. The summed E-state index contributed by atoms with van der Waals surface area (Å²) in [5.41, 5.74) is 0.602. The molecule has 2 rings (SSSR count). The average Bonchev–Trinajstić information content (AvgIpc) is 3.17. The number of likely N-dealkylation sites (N-methyl/N-ethyl adjacent to an activating group) is 3. The molecule has 0 saturated carbocycles. The molecule has 0 aliphatic carbocycles. The average molecular weight is 809 g/mol. The number of carboxylic acids is 1. The van der Waals surface area contributed by atoms with Crippen molar-refractivity contribution in [3.63, 3.8) is 0 Å². The fourth-order valence-electron chi connectivity index (χ4n) is 6.08. The zero-order valence-corrected chi connectivity index (χ0v) is 32.5. The van der Waals surface area contributed by atoms with Crippen molar-refractivity contribution >= 4 is 47.3 Å². The van der Waals surface area contributed by atoms with E-state index in [-0.39, 0.29) is 45.1 Å². The Morgan fingerprint density at radius 1 is 0.930 bits per heavy atom. The number of carboxylic acid groups (broad SMARTS) is 1. The summed E-state index contributed by atoms with van der Waals surface area (Å²) in [4.78, 5) is 107. The molecule has 8 atom stereocenters. The third-order valence-corrected chi connectivity index (χ3v) is 9.47. The van der Waals surface area contributed by atoms with Crippen LogP contribution in [0.1, 0.15) is 44.6 Å². The van der Waals surface area contributed by atoms with Crippen molar-refractivity contribution in [1.82, 2.24) is 41.7 Å². The molecule has 1 aliphatic rings. The van der Waals surface area contributed by atoms with Gasteiger partial charge in [0.15, 0.2) is 0 Å². The van der Waals surface area contributed by atoms with Crippen LogP contribution in [0, 0.1) is 0 Å². The van der Waals surface area contributed by atoms with Crippen molar-refractivity contribution in [1.29, 1.82) is 0 Å². The van der Waals surface area contributed by atoms with E-state index in [0.29, 0.717) is 5.56 Å². The van der Waals surface area contributed by atoms with E-state index in [0.717, 1.165) is 23.9 Å². The summed E-state index contributed by atoms with van der Waals surface area (Å²) >= 11 is 0. The molecule has 0 bridgehead atoms. The van der Waals surface area contributed by atoms with Crippen LogP contribution < -0.4 is 31.9 Å². The van der Waals surface area contributed by atoms with Gasteiger partial charge in [0.2, 0.25) is 41.4 Å². The van der Waals surface area contributed by atoms with E-state index in [4.69, 9.17) is 0 Å². The molecule has 57 heavy (non-hydrogen) atoms. The van der Waals surface area contributed by atoms with Gasteiger partial charge in [0, 0.05) is 33.5 Å². The van der Waals surface area contributed by atoms with Gasteiger partial charge in [-0.05, 0) is 45.2 Å². The van der Waals surface area contributed by atoms with E-state index in [1.165, 1.54) is 14.0 Å². The van der Waals surface area contributed by atoms with E-state index in [2.05, 4.69) is 31.9 Å². The number of amides is 7. The van der Waals surface area contributed by atoms with Gasteiger partial charge < -0.3 is 67.2 Å². The molecule has 1 aromatic rings. The summed E-state index contributed by atoms with van der Waals surface area (Å²) in [6.07, 6.45) is -1.84. The number of hydrogen-bond donors (Lipinski definition) is 11. The van der Waals surface area contributed by atoms with E-state index >= 15 is 0 Å². The molecule has 0 spiro atoms. The highest BCUT2D eigenvalue weighted by molar-refractivity contribution is 5.97. The van der Waals surface area contributed by atoms with Gasteiger partial charge >= 0.3 is 5.97 Å². The summed E-state index contributed by atoms with van der Waals surface area (Å²) in [5.74, 6) is -7.63. The molecule has 11 N–H and O–H groups in total. The van der Waals surface area contributed by atoms with Crippen LogP contribution in [0.4, 0.5) is 0 Å². The zero-order valence-electron chi connectivity index (χ0n) is 32.5. The molecule has 1 aliphatic heterocycles. The number of carbonyl (C=O) groups is 8. The Kier molecular flexibility index (Phi) is 20.0. The third kappa shape index (κ3) is 14.3. The van der Waals surface area contributed by atoms with Gasteiger partial charge in [0.05, 0.1) is 25.9 Å². The number of aliphatic hydroxyl groups excluding tert-OH is 4. The number of carbonyl (C=O) groups excluding carboxylic acids is 7. The zero-order chi connectivity index (χ0) is 42.8. The van der Waals surface area contributed by atoms with Crippen LogP contribution in [0.25, 0.3) is 0 Å². The van der Waals surface area contributed by atoms with E-state index in [9.17, 15) is 63.9 Å². The van der Waals surface area contributed by atoms with Crippen LogP contribution >= 0.6 is 0 Å². The lowest BCUT2D eigenvalue weighted by Crippen LogP contribution is -2.62. The highest BCUT2D eigenvalue weighted by atomic mass is 16.4. The Labute approximate surface area is 329 Å². The minimum Gasteiger partial charge on any atom is -0.480 e. The maximum atomic E-state index is 13.9. The number of nitrogens with zero attached hydrogens (tertiary/aromatic N) is 2. The van der Waals surface area contributed by atoms with Crippen LogP contribution in [-0.4, -0.2) is 179 Å². The first-order valence-electron chi connectivity index (χ1n) is 18.5. The molecule has 0 aromatic heterocycles. The van der Waals surface area contributed by atoms with Crippen molar-refractivity contribution in [2.24, 2.45) is 0 Å². The first-order chi connectivity index (χ1) is 27.0. The predicted molar refractivity (Wildman–Crippen MR) is 201 cm³/mol. The number of benzene rings is 1. The molecule has 1 aromatic carbocycles. The van der Waals surface area contributed by atoms with Crippen molar-refractivity contribution in [2.45, 2.75) is 93.8 Å². The van der Waals surface area contributed by atoms with E-state index in [1.54, 1.807) is 30.3 Å². The summed E-state index contributed by atoms with van der Waals surface area (Å²) in [6, 6.07) is -1.94. The Balaban J connectivity index is 2.38. The maximum Gasteiger partial charge on any atom is 0.326 e. The number of hydrogen-bond acceptors (Lipinski definition) is 13. The van der Waals surface area contributed by atoms with Crippen molar-refractivity contribution in [2.75, 3.05) is 47.5 Å². The molecule has 21 heteroatoms. The molecular formula is C36H56N8O13. The molecule has 7 amide bonds. The summed E-state index contributed by atoms with van der Waals surface area (Å²) < 4.78 is 0. The highest BCUT2D eigenvalue weighted by Gasteiger charge is 2.39. The summed E-state index contributed by atoms with van der Waals surface area (Å²) in [5, 5.41) is 65.0. The second kappa shape index (κ2) is 23.8. The highest BCUT2D eigenvalue weighted by Crippen LogP contribution is 2.13. The Morgan fingerprint density at radius 3 is 2.16 bits per heavy atom. The second-order valence-electron chi connectivity index (χ2n) is 13.6. The minimum absolute atomic E-state index is 0.0832. The van der Waals surface area contributed by atoms with Crippen molar-refractivity contribution in [3.05, 3.63) is 35.9 Å². The topological polar surface area (TPSA) is 316 Å². The molecule has 1 heterocycles. The summed E-state index contributed by atoms with van der Waals surface area (Å²) in [6.45, 7) is -1.29. The van der Waals surface area contributed by atoms with E-state index in [1.807, 2.05) is 0 Å². The lowest BCUT2D eigenvalue weighted by Gasteiger charge is -2.34. The number of rotatable bonds is 14. The van der Waals surface area contributed by atoms with Crippen LogP contribution in [0.5, 0.6) is 0 Å². The van der Waals surface area contributed by atoms with E-state index < -0.39 is 116 Å². The van der Waals surface area contributed by atoms with Gasteiger partial charge in [0.25, 0.3) is 0 Å². The van der Waals surface area contributed by atoms with Gasteiger partial charge in [-0.2, -0.15) is 0 Å². The smallest absolute Gasteiger partial charge is 0.326 e. The maximum absolute atomic E-state index is 13.9. The van der Waals surface area contributed by atoms with Crippen molar-refractivity contribution < 1.29 is 63.9 Å². The van der Waals surface area contributed by atoms with Gasteiger partial charge in [-0.15, -0.1) is 0 Å². The van der Waals surface area contributed by atoms with Gasteiger partial charge in [-0.1, -0.05) is 30.3 Å². The molecule has 0 radical (unpaired) electrons. The van der Waals surface area contributed by atoms with Crippen LogP contribution in [0.2, 0.25) is 0 Å². The third-order valence-electron chi connectivity index (χ3n) is 9.47. The Bertz CT molecular complexity index is 1540. The number of aliphatic hydroxyl groups is 4. The molecule has 8 unspecified atom stereocenters. The van der Waals surface area contributed by atoms with Crippen molar-refractivity contribution in [3.8, 4) is 0 Å². The second-order valence-corrected chi connectivity index (χ2v) is 13.6. The quantitative estimate of drug-likeness (QED) is 0.0839. The van der Waals surface area contributed by atoms with Gasteiger partial charge in [-0.25, -0.2) is 4.79 Å². The molecular weight excluding hydrogens is 752 g/mol. The standard InChI is InChI=1S/C36H56N8O13/c1-20(48)29-33(53)42-26(18-46)31(51)39-22(34(54)43(3)27(19-47)32(52)41-24(36(56)57)16-21-10-6-5-7-11-21)12-8-9-15-38-28(49)14-13-23(35(55)44(29)4)40-30(50)25(17-45)37-2/h5-7,10-11,20,22-27,29,37,45-48H,8-9,12-19H2,1-4H3,(H,38,49)(H,39,51)(H,40,50)(H,41,52)(H,42,53)(H,56,57). The van der Waals surface area contributed by atoms with Crippen LogP contribution in [0.3, 0.4) is 0 Å². The Hall–Kier alpha value is -5.22. The first-order valence-corrected chi connectivity index (χ1v) is 18.5. The Morgan fingerprint density at radius 2 is 1.60 bits per heavy atom. The number of nitrogens with one attached hydrogen (secondary N) is 6. The normalized spacial score (nSPS) is 22.6. The first kappa shape index (κ1) is 47.9. The SMILES string of the molecule is CNC(CO)C(=O)NC1CCC(=O)NCCCCC(C(=O)N(C)C(CO)C(=O)NC(Cc2ccccc2)C(=O)O)NC(=O)C(CO)NC(=O)C(C(C)O)N(C)C1=O. The summed E-state index contributed by atoms with van der Waals surface area (Å²) in [7, 11) is 3.71. The minimum atomic E-state index is -1.73. The molecule has 21 nitrogen and oxygen atoms in total. The lowest BCUT2D eigenvalue weighted by atomic mass is 10.0. The lowest BCUT2D eigenvalue weighted by molar-refractivity contribution is -0.147. The molecule has 318 valence electrons. The fraction of sp³-hybridized carbons (Fsp3) is 0.611. The largest absolute Gasteiger partial charge is 0.480 e. The molecule has 1 fully saturated rings. The van der Waals surface area contributed by atoms with Crippen LogP contribution in [-0.2, 0) is 44.8 Å². The van der Waals surface area contributed by atoms with Crippen LogP contribution in [0.15, 0.2) is 30.3 Å². The molecule has 1 saturated heterocycles. The van der Waals surface area contributed by atoms with Gasteiger partial charge in [0.1, 0.15) is 42.3 Å². The fourth-order valence-corrected chi connectivity index (χ4v) is 6.08. The predicted octanol–water partition coefficient (Wildman–Crippen LogP) is -5.07. The number of aliphatic carboxylic acids is 1. The van der Waals surface area contributed by atoms with Gasteiger partial charge in [-0.3, -0.25) is 33.6 Å².